The lowest BCUT2D eigenvalue weighted by atomic mass is 10.2. The fourth-order valence-corrected chi connectivity index (χ4v) is 3.13. The van der Waals surface area contributed by atoms with Crippen LogP contribution in [0, 0.1) is 0 Å². The topological polar surface area (TPSA) is 21.3 Å². The number of thioether (sulfide) groups is 1. The number of hydrogen-bond acceptors (Lipinski definition) is 3. The van der Waals surface area contributed by atoms with Crippen LogP contribution in [-0.4, -0.2) is 17.5 Å². The number of ether oxygens (including phenoxy) is 1. The van der Waals surface area contributed by atoms with Crippen LogP contribution in [-0.2, 0) is 6.54 Å². The monoisotopic (exact) mass is 299 g/mol. The molecular weight excluding hydrogens is 278 g/mol. The molecule has 0 saturated heterocycles. The molecule has 1 saturated carbocycles. The molecule has 0 atom stereocenters. The fourth-order valence-electron chi connectivity index (χ4n) is 2.37. The first-order valence-corrected chi connectivity index (χ1v) is 8.60. The summed E-state index contributed by atoms with van der Waals surface area (Å²) in [6.07, 6.45) is 4.90. The first-order valence-electron chi connectivity index (χ1n) is 7.37. The summed E-state index contributed by atoms with van der Waals surface area (Å²) < 4.78 is 6.38. The van der Waals surface area contributed by atoms with Gasteiger partial charge in [-0.1, -0.05) is 30.3 Å². The molecule has 0 aliphatic heterocycles. The number of rotatable bonds is 7. The Kier molecular flexibility index (Phi) is 4.51. The van der Waals surface area contributed by atoms with Gasteiger partial charge >= 0.3 is 0 Å². The van der Waals surface area contributed by atoms with Gasteiger partial charge in [0.25, 0.3) is 0 Å². The van der Waals surface area contributed by atoms with E-state index in [2.05, 4.69) is 29.8 Å². The maximum Gasteiger partial charge on any atom is 0.127 e. The zero-order valence-corrected chi connectivity index (χ0v) is 13.2. The quantitative estimate of drug-likeness (QED) is 0.815. The van der Waals surface area contributed by atoms with Crippen LogP contribution in [0.15, 0.2) is 54.6 Å². The van der Waals surface area contributed by atoms with Crippen LogP contribution >= 0.6 is 11.8 Å². The Morgan fingerprint density at radius 2 is 1.81 bits per heavy atom. The van der Waals surface area contributed by atoms with Gasteiger partial charge in [0.15, 0.2) is 0 Å². The van der Waals surface area contributed by atoms with Gasteiger partial charge in [-0.15, -0.1) is 0 Å². The van der Waals surface area contributed by atoms with Gasteiger partial charge in [-0.25, -0.2) is 0 Å². The molecule has 110 valence electrons. The third-order valence-corrected chi connectivity index (χ3v) is 5.31. The molecule has 3 rings (SSSR count). The minimum atomic E-state index is 0.512. The Hall–Kier alpha value is -1.45. The van der Waals surface area contributed by atoms with E-state index < -0.39 is 0 Å². The molecule has 1 fully saturated rings. The summed E-state index contributed by atoms with van der Waals surface area (Å²) in [6.45, 7) is 1.99. The first kappa shape index (κ1) is 14.5. The molecule has 3 heteroatoms. The number of hydrogen-bond donors (Lipinski definition) is 1. The van der Waals surface area contributed by atoms with Crippen molar-refractivity contribution >= 4 is 11.8 Å². The molecule has 2 aromatic carbocycles. The Morgan fingerprint density at radius 3 is 2.52 bits per heavy atom. The third kappa shape index (κ3) is 4.02. The van der Waals surface area contributed by atoms with E-state index in [0.717, 1.165) is 24.6 Å². The zero-order chi connectivity index (χ0) is 14.5. The fraction of sp³-hybridized carbons (Fsp3) is 0.333. The summed E-state index contributed by atoms with van der Waals surface area (Å²) in [5.41, 5.74) is 1.26. The average molecular weight is 299 g/mol. The summed E-state index contributed by atoms with van der Waals surface area (Å²) in [5.74, 6) is 1.77. The molecule has 0 spiro atoms. The van der Waals surface area contributed by atoms with Crippen molar-refractivity contribution in [2.45, 2.75) is 24.1 Å². The molecular formula is C18H21NOS. The predicted octanol–water partition coefficient (Wildman–Crippen LogP) is 4.46. The number of benzene rings is 2. The summed E-state index contributed by atoms with van der Waals surface area (Å²) in [4.78, 5) is 0. The Balaban J connectivity index is 1.56. The van der Waals surface area contributed by atoms with Gasteiger partial charge in [0.2, 0.25) is 0 Å². The van der Waals surface area contributed by atoms with Crippen molar-refractivity contribution < 1.29 is 4.74 Å². The van der Waals surface area contributed by atoms with E-state index in [1.807, 2.05) is 48.2 Å². The largest absolute Gasteiger partial charge is 0.457 e. The molecule has 0 radical (unpaired) electrons. The van der Waals surface area contributed by atoms with Crippen molar-refractivity contribution in [1.82, 2.24) is 5.32 Å². The lowest BCUT2D eigenvalue weighted by Crippen LogP contribution is -2.25. The lowest BCUT2D eigenvalue weighted by Gasteiger charge is -2.13. The highest BCUT2D eigenvalue weighted by Gasteiger charge is 2.41. The van der Waals surface area contributed by atoms with E-state index >= 15 is 0 Å². The van der Waals surface area contributed by atoms with Gasteiger partial charge in [0.05, 0.1) is 0 Å². The molecule has 0 unspecified atom stereocenters. The van der Waals surface area contributed by atoms with Crippen LogP contribution < -0.4 is 10.1 Å². The average Bonchev–Trinajstić information content (AvgIpc) is 3.29. The van der Waals surface area contributed by atoms with Crippen LogP contribution in [0.5, 0.6) is 11.5 Å². The maximum absolute atomic E-state index is 5.87. The van der Waals surface area contributed by atoms with Crippen molar-refractivity contribution in [1.29, 1.82) is 0 Å². The van der Waals surface area contributed by atoms with Crippen molar-refractivity contribution in [2.75, 3.05) is 12.8 Å². The van der Waals surface area contributed by atoms with Crippen LogP contribution in [0.3, 0.4) is 0 Å². The lowest BCUT2D eigenvalue weighted by molar-refractivity contribution is 0.481. The molecule has 0 amide bonds. The molecule has 0 bridgehead atoms. The van der Waals surface area contributed by atoms with E-state index in [-0.39, 0.29) is 0 Å². The summed E-state index contributed by atoms with van der Waals surface area (Å²) in [6, 6.07) is 18.2. The minimum Gasteiger partial charge on any atom is -0.457 e. The van der Waals surface area contributed by atoms with Crippen molar-refractivity contribution in [3.8, 4) is 11.5 Å². The van der Waals surface area contributed by atoms with Crippen LogP contribution in [0.4, 0.5) is 0 Å². The van der Waals surface area contributed by atoms with Crippen molar-refractivity contribution in [3.63, 3.8) is 0 Å². The van der Waals surface area contributed by atoms with E-state index in [9.17, 15) is 0 Å². The van der Waals surface area contributed by atoms with E-state index in [0.29, 0.717) is 4.75 Å². The number of para-hydroxylation sites is 1. The second kappa shape index (κ2) is 6.54. The highest BCUT2D eigenvalue weighted by Crippen LogP contribution is 2.46. The Labute approximate surface area is 130 Å². The first-order chi connectivity index (χ1) is 10.3. The molecule has 1 N–H and O–H groups in total. The second-order valence-electron chi connectivity index (χ2n) is 5.55. The molecule has 1 aliphatic carbocycles. The van der Waals surface area contributed by atoms with Gasteiger partial charge in [-0.2, -0.15) is 11.8 Å². The molecule has 0 heterocycles. The smallest absolute Gasteiger partial charge is 0.127 e. The van der Waals surface area contributed by atoms with Gasteiger partial charge in [-0.05, 0) is 48.9 Å². The maximum atomic E-state index is 5.87. The van der Waals surface area contributed by atoms with Gasteiger partial charge < -0.3 is 10.1 Å². The SMILES string of the molecule is CSC1(CNCc2cccc(Oc3ccccc3)c2)CC1. The highest BCUT2D eigenvalue weighted by atomic mass is 32.2. The van der Waals surface area contributed by atoms with Gasteiger partial charge in [0.1, 0.15) is 11.5 Å². The standard InChI is InChI=1S/C18H21NOS/c1-21-18(10-11-18)14-19-13-15-6-5-9-17(12-15)20-16-7-3-2-4-8-16/h2-9,12,19H,10-11,13-14H2,1H3. The predicted molar refractivity (Wildman–Crippen MR) is 90.1 cm³/mol. The number of nitrogens with one attached hydrogen (secondary N) is 1. The third-order valence-electron chi connectivity index (χ3n) is 3.89. The zero-order valence-electron chi connectivity index (χ0n) is 12.3. The van der Waals surface area contributed by atoms with E-state index in [1.165, 1.54) is 18.4 Å². The van der Waals surface area contributed by atoms with E-state index in [1.54, 1.807) is 0 Å². The Morgan fingerprint density at radius 1 is 1.05 bits per heavy atom. The molecule has 21 heavy (non-hydrogen) atoms. The normalized spacial score (nSPS) is 15.7. The van der Waals surface area contributed by atoms with Crippen molar-refractivity contribution in [3.05, 3.63) is 60.2 Å². The summed E-state index contributed by atoms with van der Waals surface area (Å²) in [7, 11) is 0. The van der Waals surface area contributed by atoms with Crippen molar-refractivity contribution in [2.24, 2.45) is 0 Å². The highest BCUT2D eigenvalue weighted by molar-refractivity contribution is 8.00. The van der Waals surface area contributed by atoms with Crippen LogP contribution in [0.2, 0.25) is 0 Å². The Bertz CT molecular complexity index is 581. The molecule has 0 aromatic heterocycles. The van der Waals surface area contributed by atoms with Gasteiger partial charge in [0, 0.05) is 17.8 Å². The minimum absolute atomic E-state index is 0.512. The molecule has 2 nitrogen and oxygen atoms in total. The van der Waals surface area contributed by atoms with Crippen LogP contribution in [0.1, 0.15) is 18.4 Å². The molecule has 1 aliphatic rings. The second-order valence-corrected chi connectivity index (χ2v) is 6.83. The summed E-state index contributed by atoms with van der Waals surface area (Å²) in [5, 5.41) is 3.57. The molecule has 2 aromatic rings. The van der Waals surface area contributed by atoms with Gasteiger partial charge in [-0.3, -0.25) is 0 Å². The van der Waals surface area contributed by atoms with Crippen LogP contribution in [0.25, 0.3) is 0 Å². The summed E-state index contributed by atoms with van der Waals surface area (Å²) >= 11 is 1.99. The van der Waals surface area contributed by atoms with E-state index in [4.69, 9.17) is 4.74 Å².